The largest absolute Gasteiger partial charge is 0.340 e. The molecule has 1 saturated heterocycles. The smallest absolute Gasteiger partial charge is 0.222 e. The maximum atomic E-state index is 11.5. The van der Waals surface area contributed by atoms with Gasteiger partial charge in [-0.05, 0) is 24.6 Å². The van der Waals surface area contributed by atoms with Crippen LogP contribution in [0.15, 0.2) is 30.6 Å². The Hall–Kier alpha value is -1.88. The molecule has 1 aromatic rings. The van der Waals surface area contributed by atoms with Crippen LogP contribution in [-0.4, -0.2) is 35.0 Å². The molecule has 0 spiro atoms. The summed E-state index contributed by atoms with van der Waals surface area (Å²) in [5, 5.41) is 0. The van der Waals surface area contributed by atoms with E-state index in [-0.39, 0.29) is 12.0 Å². The molecule has 0 radical (unpaired) electrons. The Morgan fingerprint density at radius 1 is 1.56 bits per heavy atom. The molecule has 0 saturated carbocycles. The summed E-state index contributed by atoms with van der Waals surface area (Å²) in [6.07, 6.45) is 7.06. The van der Waals surface area contributed by atoms with Gasteiger partial charge in [0, 0.05) is 30.9 Å². The van der Waals surface area contributed by atoms with E-state index >= 15 is 0 Å². The van der Waals surface area contributed by atoms with Crippen molar-refractivity contribution in [2.45, 2.75) is 18.9 Å². The predicted molar refractivity (Wildman–Crippen MR) is 66.0 cm³/mol. The summed E-state index contributed by atoms with van der Waals surface area (Å²) in [6, 6.07) is 3.85. The van der Waals surface area contributed by atoms with Crippen LogP contribution < -0.4 is 5.48 Å². The number of aromatic nitrogens is 1. The number of pyridine rings is 1. The van der Waals surface area contributed by atoms with Gasteiger partial charge >= 0.3 is 0 Å². The standard InChI is InChI=1S/C13H15N3O2/c17-13-4-2-6-16(13)9-11-7-12(15-18-11)10-3-1-5-14-8-10/h1,3,5,7-8,11,15H,2,4,6,9H2. The van der Waals surface area contributed by atoms with E-state index in [0.29, 0.717) is 13.0 Å². The van der Waals surface area contributed by atoms with E-state index in [1.807, 2.05) is 23.1 Å². The molecule has 1 unspecified atom stereocenters. The highest BCUT2D eigenvalue weighted by Crippen LogP contribution is 2.19. The highest BCUT2D eigenvalue weighted by Gasteiger charge is 2.26. The van der Waals surface area contributed by atoms with Crippen molar-refractivity contribution in [2.24, 2.45) is 0 Å². The Kier molecular flexibility index (Phi) is 2.98. The molecule has 1 aromatic heterocycles. The number of carbonyl (C=O) groups excluding carboxylic acids is 1. The van der Waals surface area contributed by atoms with E-state index in [0.717, 1.165) is 24.2 Å². The predicted octanol–water partition coefficient (Wildman–Crippen LogP) is 0.948. The molecule has 5 nitrogen and oxygen atoms in total. The molecule has 3 rings (SSSR count). The molecule has 1 N–H and O–H groups in total. The highest BCUT2D eigenvalue weighted by molar-refractivity contribution is 5.78. The fraction of sp³-hybridized carbons (Fsp3) is 0.385. The van der Waals surface area contributed by atoms with Crippen molar-refractivity contribution in [3.8, 4) is 0 Å². The van der Waals surface area contributed by atoms with Gasteiger partial charge in [-0.2, -0.15) is 0 Å². The van der Waals surface area contributed by atoms with Gasteiger partial charge in [0.25, 0.3) is 0 Å². The second-order valence-corrected chi connectivity index (χ2v) is 4.52. The summed E-state index contributed by atoms with van der Waals surface area (Å²) in [5.74, 6) is 0.224. The van der Waals surface area contributed by atoms with E-state index < -0.39 is 0 Å². The first-order valence-electron chi connectivity index (χ1n) is 6.14. The third-order valence-electron chi connectivity index (χ3n) is 3.22. The van der Waals surface area contributed by atoms with E-state index in [4.69, 9.17) is 4.84 Å². The van der Waals surface area contributed by atoms with Gasteiger partial charge in [-0.25, -0.2) is 0 Å². The Bertz CT molecular complexity index is 472. The van der Waals surface area contributed by atoms with Crippen LogP contribution in [0.4, 0.5) is 0 Å². The summed E-state index contributed by atoms with van der Waals surface area (Å²) in [7, 11) is 0. The Labute approximate surface area is 105 Å². The molecule has 0 aromatic carbocycles. The second kappa shape index (κ2) is 4.78. The van der Waals surface area contributed by atoms with Gasteiger partial charge in [0.15, 0.2) is 0 Å². The van der Waals surface area contributed by atoms with Crippen LogP contribution in [-0.2, 0) is 9.63 Å². The molecule has 3 heterocycles. The van der Waals surface area contributed by atoms with Crippen LogP contribution >= 0.6 is 0 Å². The lowest BCUT2D eigenvalue weighted by Gasteiger charge is -2.17. The average Bonchev–Trinajstić information content (AvgIpc) is 3.02. The van der Waals surface area contributed by atoms with Crippen LogP contribution in [0, 0.1) is 0 Å². The van der Waals surface area contributed by atoms with Crippen LogP contribution in [0.25, 0.3) is 5.70 Å². The fourth-order valence-electron chi connectivity index (χ4n) is 2.27. The number of nitrogens with one attached hydrogen (secondary N) is 1. The van der Waals surface area contributed by atoms with Crippen LogP contribution in [0.1, 0.15) is 18.4 Å². The molecule has 2 aliphatic heterocycles. The monoisotopic (exact) mass is 245 g/mol. The zero-order valence-corrected chi connectivity index (χ0v) is 10.0. The minimum absolute atomic E-state index is 0.0812. The number of hydrogen-bond acceptors (Lipinski definition) is 4. The molecule has 0 bridgehead atoms. The van der Waals surface area contributed by atoms with Crippen molar-refractivity contribution in [1.82, 2.24) is 15.4 Å². The molecular formula is C13H15N3O2. The maximum absolute atomic E-state index is 11.5. The number of hydroxylamine groups is 1. The number of carbonyl (C=O) groups is 1. The van der Waals surface area contributed by atoms with Crippen molar-refractivity contribution in [3.05, 3.63) is 36.2 Å². The molecule has 2 aliphatic rings. The van der Waals surface area contributed by atoms with Crippen molar-refractivity contribution in [2.75, 3.05) is 13.1 Å². The number of hydrogen-bond donors (Lipinski definition) is 1. The summed E-state index contributed by atoms with van der Waals surface area (Å²) < 4.78 is 0. The van der Waals surface area contributed by atoms with E-state index in [9.17, 15) is 4.79 Å². The fourth-order valence-corrected chi connectivity index (χ4v) is 2.27. The molecule has 0 aliphatic carbocycles. The Morgan fingerprint density at radius 2 is 2.50 bits per heavy atom. The molecule has 1 amide bonds. The van der Waals surface area contributed by atoms with Gasteiger partial charge in [0.2, 0.25) is 5.91 Å². The average molecular weight is 245 g/mol. The van der Waals surface area contributed by atoms with Crippen LogP contribution in [0.5, 0.6) is 0 Å². The first-order chi connectivity index (χ1) is 8.83. The zero-order chi connectivity index (χ0) is 12.4. The highest BCUT2D eigenvalue weighted by atomic mass is 16.7. The lowest BCUT2D eigenvalue weighted by molar-refractivity contribution is -0.129. The molecule has 1 fully saturated rings. The number of likely N-dealkylation sites (tertiary alicyclic amines) is 1. The van der Waals surface area contributed by atoms with Gasteiger partial charge in [0.05, 0.1) is 12.2 Å². The van der Waals surface area contributed by atoms with Crippen molar-refractivity contribution >= 4 is 11.6 Å². The topological polar surface area (TPSA) is 54.5 Å². The maximum Gasteiger partial charge on any atom is 0.222 e. The molecule has 5 heteroatoms. The molecule has 94 valence electrons. The summed E-state index contributed by atoms with van der Waals surface area (Å²) >= 11 is 0. The van der Waals surface area contributed by atoms with Crippen molar-refractivity contribution < 1.29 is 9.63 Å². The minimum atomic E-state index is -0.0812. The number of nitrogens with zero attached hydrogens (tertiary/aromatic N) is 2. The van der Waals surface area contributed by atoms with Crippen LogP contribution in [0.3, 0.4) is 0 Å². The minimum Gasteiger partial charge on any atom is -0.340 e. The quantitative estimate of drug-likeness (QED) is 0.861. The summed E-state index contributed by atoms with van der Waals surface area (Å²) in [6.45, 7) is 1.46. The molecule has 1 atom stereocenters. The van der Waals surface area contributed by atoms with E-state index in [1.54, 1.807) is 12.4 Å². The van der Waals surface area contributed by atoms with Gasteiger partial charge in [-0.3, -0.25) is 20.1 Å². The van der Waals surface area contributed by atoms with Crippen LogP contribution in [0.2, 0.25) is 0 Å². The molecule has 18 heavy (non-hydrogen) atoms. The van der Waals surface area contributed by atoms with Gasteiger partial charge in [-0.15, -0.1) is 0 Å². The number of rotatable bonds is 3. The van der Waals surface area contributed by atoms with Gasteiger partial charge in [-0.1, -0.05) is 0 Å². The van der Waals surface area contributed by atoms with Crippen molar-refractivity contribution in [1.29, 1.82) is 0 Å². The normalized spacial score (nSPS) is 23.1. The van der Waals surface area contributed by atoms with Crippen molar-refractivity contribution in [3.63, 3.8) is 0 Å². The van der Waals surface area contributed by atoms with E-state index in [1.165, 1.54) is 0 Å². The first kappa shape index (κ1) is 11.2. The second-order valence-electron chi connectivity index (χ2n) is 4.52. The first-order valence-corrected chi connectivity index (χ1v) is 6.14. The lowest BCUT2D eigenvalue weighted by atomic mass is 10.2. The Morgan fingerprint density at radius 3 is 3.22 bits per heavy atom. The SMILES string of the molecule is O=C1CCCN1CC1C=C(c2cccnc2)NO1. The summed E-state index contributed by atoms with van der Waals surface area (Å²) in [5.41, 5.74) is 4.80. The van der Waals surface area contributed by atoms with Gasteiger partial charge < -0.3 is 4.90 Å². The third-order valence-corrected chi connectivity index (χ3v) is 3.22. The third kappa shape index (κ3) is 2.22. The summed E-state index contributed by atoms with van der Waals surface area (Å²) in [4.78, 5) is 22.9. The zero-order valence-electron chi connectivity index (χ0n) is 10.0. The Balaban J connectivity index is 1.66. The van der Waals surface area contributed by atoms with Gasteiger partial charge in [0.1, 0.15) is 6.10 Å². The number of amides is 1. The molecular weight excluding hydrogens is 230 g/mol. The lowest BCUT2D eigenvalue weighted by Crippen LogP contribution is -2.33. The van der Waals surface area contributed by atoms with E-state index in [2.05, 4.69) is 10.5 Å².